The molecular weight excluding hydrogens is 279 g/mol. The number of sulfonamides is 1. The predicted octanol–water partition coefficient (Wildman–Crippen LogP) is 2.18. The molecule has 0 atom stereocenters. The summed E-state index contributed by atoms with van der Waals surface area (Å²) in [7, 11) is -3.65. The molecule has 0 aromatic heterocycles. The minimum absolute atomic E-state index is 0.0720. The fourth-order valence-electron chi connectivity index (χ4n) is 1.57. The number of nitrogens with one attached hydrogen (secondary N) is 1. The van der Waals surface area contributed by atoms with Crippen LogP contribution >= 0.6 is 0 Å². The van der Waals surface area contributed by atoms with Crippen molar-refractivity contribution in [3.05, 3.63) is 65.5 Å². The maximum absolute atomic E-state index is 12.7. The van der Waals surface area contributed by atoms with Gasteiger partial charge >= 0.3 is 0 Å². The van der Waals surface area contributed by atoms with E-state index in [0.717, 1.165) is 0 Å². The van der Waals surface area contributed by atoms with Gasteiger partial charge in [-0.05, 0) is 42.0 Å². The molecule has 0 aliphatic rings. The Kier molecular flexibility index (Phi) is 4.13. The summed E-state index contributed by atoms with van der Waals surface area (Å²) in [4.78, 5) is 0.0820. The van der Waals surface area contributed by atoms with E-state index in [2.05, 4.69) is 4.72 Å². The molecule has 0 bridgehead atoms. The number of nitrogens with zero attached hydrogens (tertiary/aromatic N) is 1. The van der Waals surface area contributed by atoms with Gasteiger partial charge in [0.05, 0.1) is 16.5 Å². The molecule has 1 N–H and O–H groups in total. The van der Waals surface area contributed by atoms with Gasteiger partial charge < -0.3 is 0 Å². The molecule has 20 heavy (non-hydrogen) atoms. The van der Waals surface area contributed by atoms with Gasteiger partial charge in [0.2, 0.25) is 10.0 Å². The molecule has 0 radical (unpaired) electrons. The zero-order valence-corrected chi connectivity index (χ0v) is 11.2. The highest BCUT2D eigenvalue weighted by Crippen LogP contribution is 2.11. The topological polar surface area (TPSA) is 70.0 Å². The van der Waals surface area contributed by atoms with Gasteiger partial charge in [0.15, 0.2) is 0 Å². The molecule has 0 aliphatic heterocycles. The fraction of sp³-hybridized carbons (Fsp3) is 0.0714. The summed E-state index contributed by atoms with van der Waals surface area (Å²) in [5, 5.41) is 8.66. The minimum Gasteiger partial charge on any atom is -0.207 e. The van der Waals surface area contributed by atoms with Crippen LogP contribution in [0.25, 0.3) is 0 Å². The second-order valence-electron chi connectivity index (χ2n) is 4.09. The van der Waals surface area contributed by atoms with Crippen molar-refractivity contribution in [3.63, 3.8) is 0 Å². The van der Waals surface area contributed by atoms with Crippen molar-refractivity contribution in [3.8, 4) is 6.07 Å². The molecule has 0 saturated carbocycles. The fourth-order valence-corrected chi connectivity index (χ4v) is 2.59. The second kappa shape index (κ2) is 5.82. The highest BCUT2D eigenvalue weighted by molar-refractivity contribution is 7.89. The van der Waals surface area contributed by atoms with E-state index in [1.807, 2.05) is 6.07 Å². The monoisotopic (exact) mass is 290 g/mol. The Hall–Kier alpha value is -2.23. The lowest BCUT2D eigenvalue weighted by atomic mass is 10.2. The second-order valence-corrected chi connectivity index (χ2v) is 5.85. The number of halogens is 1. The highest BCUT2D eigenvalue weighted by Gasteiger charge is 2.13. The molecule has 0 heterocycles. The molecule has 0 saturated heterocycles. The predicted molar refractivity (Wildman–Crippen MR) is 71.6 cm³/mol. The third-order valence-corrected chi connectivity index (χ3v) is 4.09. The van der Waals surface area contributed by atoms with Gasteiger partial charge in [-0.1, -0.05) is 12.1 Å². The van der Waals surface area contributed by atoms with Crippen molar-refractivity contribution in [2.24, 2.45) is 0 Å². The number of hydrogen-bond acceptors (Lipinski definition) is 3. The van der Waals surface area contributed by atoms with Crippen LogP contribution in [0.1, 0.15) is 11.1 Å². The van der Waals surface area contributed by atoms with Crippen molar-refractivity contribution in [2.45, 2.75) is 11.4 Å². The maximum Gasteiger partial charge on any atom is 0.240 e. The van der Waals surface area contributed by atoms with Crippen LogP contribution in [0.15, 0.2) is 53.4 Å². The third-order valence-electron chi connectivity index (χ3n) is 2.67. The molecule has 2 aromatic carbocycles. The van der Waals surface area contributed by atoms with Crippen LogP contribution in [0.2, 0.25) is 0 Å². The molecule has 4 nitrogen and oxygen atoms in total. The van der Waals surface area contributed by atoms with Gasteiger partial charge in [-0.15, -0.1) is 0 Å². The summed E-state index contributed by atoms with van der Waals surface area (Å²) >= 11 is 0. The Balaban J connectivity index is 2.10. The van der Waals surface area contributed by atoms with Crippen molar-refractivity contribution in [1.82, 2.24) is 4.72 Å². The van der Waals surface area contributed by atoms with Crippen molar-refractivity contribution < 1.29 is 12.8 Å². The summed E-state index contributed by atoms with van der Waals surface area (Å²) in [5.41, 5.74) is 1.05. The van der Waals surface area contributed by atoms with E-state index in [1.165, 1.54) is 48.5 Å². The molecular formula is C14H11FN2O2S. The van der Waals surface area contributed by atoms with E-state index in [9.17, 15) is 12.8 Å². The molecule has 0 spiro atoms. The molecule has 0 fully saturated rings. The zero-order valence-electron chi connectivity index (χ0n) is 10.4. The van der Waals surface area contributed by atoms with Gasteiger partial charge in [0.1, 0.15) is 5.82 Å². The third kappa shape index (κ3) is 3.41. The Labute approximate surface area is 116 Å². The van der Waals surface area contributed by atoms with E-state index in [4.69, 9.17) is 5.26 Å². The summed E-state index contributed by atoms with van der Waals surface area (Å²) in [6.07, 6.45) is 0. The average Bonchev–Trinajstić information content (AvgIpc) is 2.47. The van der Waals surface area contributed by atoms with E-state index in [0.29, 0.717) is 11.1 Å². The van der Waals surface area contributed by atoms with Crippen LogP contribution in [0.5, 0.6) is 0 Å². The first-order valence-electron chi connectivity index (χ1n) is 5.75. The van der Waals surface area contributed by atoms with Crippen LogP contribution < -0.4 is 4.72 Å². The molecule has 2 rings (SSSR count). The number of rotatable bonds is 4. The lowest BCUT2D eigenvalue weighted by molar-refractivity contribution is 0.581. The molecule has 0 aliphatic carbocycles. The van der Waals surface area contributed by atoms with E-state index in [1.54, 1.807) is 0 Å². The van der Waals surface area contributed by atoms with E-state index < -0.39 is 10.0 Å². The van der Waals surface area contributed by atoms with Crippen LogP contribution in [0.3, 0.4) is 0 Å². The molecule has 102 valence electrons. The van der Waals surface area contributed by atoms with E-state index >= 15 is 0 Å². The number of benzene rings is 2. The first-order valence-corrected chi connectivity index (χ1v) is 7.24. The van der Waals surface area contributed by atoms with Gasteiger partial charge in [-0.25, -0.2) is 17.5 Å². The Morgan fingerprint density at radius 2 is 1.65 bits per heavy atom. The Morgan fingerprint density at radius 1 is 1.05 bits per heavy atom. The standard InChI is InChI=1S/C14H11FN2O2S/c15-13-5-1-12(2-6-13)10-17-20(18,19)14-7-3-11(9-16)4-8-14/h1-8,17H,10H2. The molecule has 0 unspecified atom stereocenters. The molecule has 2 aromatic rings. The van der Waals surface area contributed by atoms with E-state index in [-0.39, 0.29) is 17.3 Å². The van der Waals surface area contributed by atoms with Gasteiger partial charge in [-0.2, -0.15) is 5.26 Å². The SMILES string of the molecule is N#Cc1ccc(S(=O)(=O)NCc2ccc(F)cc2)cc1. The van der Waals surface area contributed by atoms with Crippen molar-refractivity contribution in [1.29, 1.82) is 5.26 Å². The Morgan fingerprint density at radius 3 is 2.20 bits per heavy atom. The molecule has 6 heteroatoms. The first kappa shape index (κ1) is 14.2. The summed E-state index contributed by atoms with van der Waals surface area (Å²) in [6, 6.07) is 13.1. The van der Waals surface area contributed by atoms with Crippen molar-refractivity contribution in [2.75, 3.05) is 0 Å². The smallest absolute Gasteiger partial charge is 0.207 e. The van der Waals surface area contributed by atoms with Gasteiger partial charge in [0.25, 0.3) is 0 Å². The quantitative estimate of drug-likeness (QED) is 0.938. The van der Waals surface area contributed by atoms with Crippen LogP contribution in [-0.4, -0.2) is 8.42 Å². The average molecular weight is 290 g/mol. The number of hydrogen-bond donors (Lipinski definition) is 1. The van der Waals surface area contributed by atoms with Crippen LogP contribution in [-0.2, 0) is 16.6 Å². The normalized spacial score (nSPS) is 11.0. The summed E-state index contributed by atoms with van der Waals surface area (Å²) in [5.74, 6) is -0.372. The summed E-state index contributed by atoms with van der Waals surface area (Å²) in [6.45, 7) is 0.0720. The maximum atomic E-state index is 12.7. The zero-order chi connectivity index (χ0) is 14.6. The van der Waals surface area contributed by atoms with Crippen LogP contribution in [0.4, 0.5) is 4.39 Å². The lowest BCUT2D eigenvalue weighted by Gasteiger charge is -2.07. The lowest BCUT2D eigenvalue weighted by Crippen LogP contribution is -2.23. The first-order chi connectivity index (χ1) is 9.51. The van der Waals surface area contributed by atoms with Crippen LogP contribution in [0, 0.1) is 17.1 Å². The Bertz CT molecular complexity index is 732. The number of nitriles is 1. The highest BCUT2D eigenvalue weighted by atomic mass is 32.2. The van der Waals surface area contributed by atoms with Crippen molar-refractivity contribution >= 4 is 10.0 Å². The van der Waals surface area contributed by atoms with Gasteiger partial charge in [-0.3, -0.25) is 0 Å². The molecule has 0 amide bonds. The van der Waals surface area contributed by atoms with Gasteiger partial charge in [0, 0.05) is 6.54 Å². The summed E-state index contributed by atoms with van der Waals surface area (Å²) < 4.78 is 39.2. The largest absolute Gasteiger partial charge is 0.240 e. The minimum atomic E-state index is -3.65.